The number of benzene rings is 3. The summed E-state index contributed by atoms with van der Waals surface area (Å²) < 4.78 is 33.8. The van der Waals surface area contributed by atoms with Crippen molar-refractivity contribution < 1.29 is 13.2 Å². The van der Waals surface area contributed by atoms with Gasteiger partial charge in [0.05, 0.1) is 7.11 Å². The molecule has 0 heterocycles. The Morgan fingerprint density at radius 1 is 0.880 bits per heavy atom. The van der Waals surface area contributed by atoms with Crippen LogP contribution in [0.5, 0.6) is 5.75 Å². The highest BCUT2D eigenvalue weighted by molar-refractivity contribution is 9.10. The summed E-state index contributed by atoms with van der Waals surface area (Å²) in [5.74, 6) is 0.289. The van der Waals surface area contributed by atoms with Gasteiger partial charge in [-0.05, 0) is 41.5 Å². The Bertz CT molecular complexity index is 971. The van der Waals surface area contributed by atoms with Crippen molar-refractivity contribution in [1.82, 2.24) is 0 Å². The summed E-state index contributed by atoms with van der Waals surface area (Å²) in [6.45, 7) is 0. The Labute approximate surface area is 155 Å². The molecule has 0 unspecified atom stereocenters. The monoisotopic (exact) mass is 417 g/mol. The molecule has 0 amide bonds. The van der Waals surface area contributed by atoms with Crippen molar-refractivity contribution in [3.05, 3.63) is 77.3 Å². The van der Waals surface area contributed by atoms with E-state index in [1.165, 1.54) is 13.2 Å². The lowest BCUT2D eigenvalue weighted by atomic mass is 10.1. The molecule has 1 N–H and O–H groups in total. The third kappa shape index (κ3) is 4.03. The third-order valence-corrected chi connectivity index (χ3v) is 5.56. The molecule has 0 spiro atoms. The van der Waals surface area contributed by atoms with Crippen LogP contribution in [0.4, 0.5) is 5.69 Å². The van der Waals surface area contributed by atoms with Gasteiger partial charge in [-0.25, -0.2) is 8.42 Å². The van der Waals surface area contributed by atoms with Gasteiger partial charge in [-0.15, -0.1) is 0 Å². The number of methoxy groups -OCH3 is 1. The molecule has 0 saturated heterocycles. The molecule has 0 aliphatic rings. The Morgan fingerprint density at radius 3 is 2.16 bits per heavy atom. The minimum atomic E-state index is -3.76. The molecule has 3 aromatic carbocycles. The molecule has 4 nitrogen and oxygen atoms in total. The minimum Gasteiger partial charge on any atom is -0.495 e. The highest BCUT2D eigenvalue weighted by Crippen LogP contribution is 2.29. The van der Waals surface area contributed by atoms with Crippen LogP contribution in [0.15, 0.2) is 82.2 Å². The van der Waals surface area contributed by atoms with Crippen molar-refractivity contribution in [3.63, 3.8) is 0 Å². The van der Waals surface area contributed by atoms with Gasteiger partial charge in [-0.2, -0.15) is 0 Å². The molecule has 0 aliphatic carbocycles. The van der Waals surface area contributed by atoms with Gasteiger partial charge in [-0.1, -0.05) is 58.4 Å². The van der Waals surface area contributed by atoms with Crippen LogP contribution in [0.1, 0.15) is 0 Å². The zero-order valence-corrected chi connectivity index (χ0v) is 15.8. The number of hydrogen-bond acceptors (Lipinski definition) is 3. The Hall–Kier alpha value is -2.31. The molecule has 0 aliphatic heterocycles. The Morgan fingerprint density at radius 2 is 1.52 bits per heavy atom. The highest BCUT2D eigenvalue weighted by atomic mass is 79.9. The van der Waals surface area contributed by atoms with Crippen LogP contribution in [0.3, 0.4) is 0 Å². The molecule has 3 aromatic rings. The number of sulfonamides is 1. The maximum atomic E-state index is 12.7. The molecular formula is C19H16BrNO3S. The van der Waals surface area contributed by atoms with Crippen LogP contribution in [0.2, 0.25) is 0 Å². The summed E-state index contributed by atoms with van der Waals surface area (Å²) in [6, 6.07) is 22.0. The number of anilines is 1. The van der Waals surface area contributed by atoms with E-state index >= 15 is 0 Å². The van der Waals surface area contributed by atoms with Gasteiger partial charge in [0.25, 0.3) is 10.0 Å². The van der Waals surface area contributed by atoms with E-state index < -0.39 is 10.0 Å². The van der Waals surface area contributed by atoms with E-state index in [0.29, 0.717) is 10.2 Å². The summed E-state index contributed by atoms with van der Waals surface area (Å²) in [4.78, 5) is 0.0801. The summed E-state index contributed by atoms with van der Waals surface area (Å²) in [5.41, 5.74) is 2.58. The third-order valence-electron chi connectivity index (χ3n) is 3.66. The van der Waals surface area contributed by atoms with Crippen LogP contribution < -0.4 is 9.46 Å². The highest BCUT2D eigenvalue weighted by Gasteiger charge is 2.20. The van der Waals surface area contributed by atoms with Gasteiger partial charge < -0.3 is 4.74 Å². The average molecular weight is 418 g/mol. The van der Waals surface area contributed by atoms with Crippen molar-refractivity contribution in [1.29, 1.82) is 0 Å². The number of rotatable bonds is 5. The van der Waals surface area contributed by atoms with Crippen LogP contribution >= 0.6 is 15.9 Å². The second-order valence-electron chi connectivity index (χ2n) is 5.34. The minimum absolute atomic E-state index is 0.0801. The first kappa shape index (κ1) is 17.5. The smallest absolute Gasteiger partial charge is 0.265 e. The van der Waals surface area contributed by atoms with Gasteiger partial charge in [0.2, 0.25) is 0 Å². The van der Waals surface area contributed by atoms with E-state index in [1.807, 2.05) is 42.5 Å². The number of nitrogens with one attached hydrogen (secondary N) is 1. The van der Waals surface area contributed by atoms with Crippen molar-refractivity contribution in [3.8, 4) is 16.9 Å². The SMILES string of the molecule is COc1ccc(Br)cc1S(=O)(=O)Nc1ccc(-c2ccccc2)cc1. The molecule has 3 rings (SSSR count). The standard InChI is InChI=1S/C19H16BrNO3S/c1-24-18-12-9-16(20)13-19(18)25(22,23)21-17-10-7-15(8-11-17)14-5-3-2-4-6-14/h2-13,21H,1H3. The van der Waals surface area contributed by atoms with E-state index in [9.17, 15) is 8.42 Å². The number of hydrogen-bond donors (Lipinski definition) is 1. The van der Waals surface area contributed by atoms with E-state index in [4.69, 9.17) is 4.74 Å². The van der Waals surface area contributed by atoms with Gasteiger partial charge in [-0.3, -0.25) is 4.72 Å². The first-order valence-electron chi connectivity index (χ1n) is 7.51. The quantitative estimate of drug-likeness (QED) is 0.640. The van der Waals surface area contributed by atoms with Crippen LogP contribution in [-0.2, 0) is 10.0 Å². The lowest BCUT2D eigenvalue weighted by molar-refractivity contribution is 0.403. The lowest BCUT2D eigenvalue weighted by Gasteiger charge is -2.12. The molecule has 0 bridgehead atoms. The number of ether oxygens (including phenoxy) is 1. The van der Waals surface area contributed by atoms with Crippen molar-refractivity contribution in [2.24, 2.45) is 0 Å². The first-order chi connectivity index (χ1) is 12.0. The fraction of sp³-hybridized carbons (Fsp3) is 0.0526. The molecule has 0 aromatic heterocycles. The summed E-state index contributed by atoms with van der Waals surface area (Å²) in [7, 11) is -2.32. The molecule has 0 fully saturated rings. The number of halogens is 1. The van der Waals surface area contributed by atoms with E-state index in [1.54, 1.807) is 24.3 Å². The van der Waals surface area contributed by atoms with Crippen molar-refractivity contribution in [2.45, 2.75) is 4.90 Å². The topological polar surface area (TPSA) is 55.4 Å². The molecule has 6 heteroatoms. The molecule has 25 heavy (non-hydrogen) atoms. The molecule has 0 atom stereocenters. The predicted molar refractivity (Wildman–Crippen MR) is 103 cm³/mol. The zero-order valence-electron chi connectivity index (χ0n) is 13.4. The second-order valence-corrected chi connectivity index (χ2v) is 7.91. The largest absolute Gasteiger partial charge is 0.495 e. The normalized spacial score (nSPS) is 11.1. The van der Waals surface area contributed by atoms with E-state index in [0.717, 1.165) is 11.1 Å². The van der Waals surface area contributed by atoms with Crippen LogP contribution in [0.25, 0.3) is 11.1 Å². The zero-order chi connectivity index (χ0) is 17.9. The summed E-state index contributed by atoms with van der Waals surface area (Å²) in [5, 5.41) is 0. The fourth-order valence-electron chi connectivity index (χ4n) is 2.43. The van der Waals surface area contributed by atoms with Crippen molar-refractivity contribution >= 4 is 31.6 Å². The maximum Gasteiger partial charge on any atom is 0.265 e. The van der Waals surface area contributed by atoms with E-state index in [2.05, 4.69) is 20.7 Å². The summed E-state index contributed by atoms with van der Waals surface area (Å²) >= 11 is 3.29. The lowest BCUT2D eigenvalue weighted by Crippen LogP contribution is -2.14. The summed E-state index contributed by atoms with van der Waals surface area (Å²) in [6.07, 6.45) is 0. The van der Waals surface area contributed by atoms with Gasteiger partial charge in [0, 0.05) is 10.2 Å². The average Bonchev–Trinajstić information content (AvgIpc) is 2.63. The Kier molecular flexibility index (Phi) is 5.11. The van der Waals surface area contributed by atoms with Gasteiger partial charge in [0.1, 0.15) is 10.6 Å². The molecule has 128 valence electrons. The van der Waals surface area contributed by atoms with E-state index in [-0.39, 0.29) is 10.6 Å². The Balaban J connectivity index is 1.88. The van der Waals surface area contributed by atoms with Gasteiger partial charge >= 0.3 is 0 Å². The molecular weight excluding hydrogens is 402 g/mol. The maximum absolute atomic E-state index is 12.7. The fourth-order valence-corrected chi connectivity index (χ4v) is 4.20. The molecule has 0 radical (unpaired) electrons. The molecule has 0 saturated carbocycles. The van der Waals surface area contributed by atoms with Gasteiger partial charge in [0.15, 0.2) is 0 Å². The second kappa shape index (κ2) is 7.29. The van der Waals surface area contributed by atoms with Crippen LogP contribution in [0, 0.1) is 0 Å². The van der Waals surface area contributed by atoms with Crippen molar-refractivity contribution in [2.75, 3.05) is 11.8 Å². The predicted octanol–water partition coefficient (Wildman–Crippen LogP) is 4.93. The van der Waals surface area contributed by atoms with Crippen LogP contribution in [-0.4, -0.2) is 15.5 Å². The first-order valence-corrected chi connectivity index (χ1v) is 9.79.